The van der Waals surface area contributed by atoms with Gasteiger partial charge in [0.05, 0.1) is 17.2 Å². The molecular formula is C16H17FN2O4S. The van der Waals surface area contributed by atoms with Gasteiger partial charge >= 0.3 is 0 Å². The topological polar surface area (TPSA) is 84.5 Å². The molecule has 0 aromatic heterocycles. The fraction of sp³-hybridized carbons (Fsp3) is 0.188. The van der Waals surface area contributed by atoms with Gasteiger partial charge in [-0.15, -0.1) is 0 Å². The van der Waals surface area contributed by atoms with Gasteiger partial charge in [-0.05, 0) is 43.7 Å². The van der Waals surface area contributed by atoms with Crippen LogP contribution in [0.25, 0.3) is 0 Å². The van der Waals surface area contributed by atoms with Crippen LogP contribution in [-0.2, 0) is 14.9 Å². The van der Waals surface area contributed by atoms with Crippen molar-refractivity contribution >= 4 is 21.6 Å². The fourth-order valence-electron chi connectivity index (χ4n) is 1.95. The van der Waals surface area contributed by atoms with Crippen molar-refractivity contribution < 1.29 is 22.4 Å². The largest absolute Gasteiger partial charge is 0.277 e. The molecule has 2 rings (SSSR count). The monoisotopic (exact) mass is 352 g/mol. The Kier molecular flexibility index (Phi) is 5.53. The summed E-state index contributed by atoms with van der Waals surface area (Å²) in [5.41, 5.74) is 2.78. The van der Waals surface area contributed by atoms with Crippen molar-refractivity contribution in [1.82, 2.24) is 5.48 Å². The van der Waals surface area contributed by atoms with E-state index < -0.39 is 21.7 Å². The van der Waals surface area contributed by atoms with E-state index in [1.54, 1.807) is 13.8 Å². The van der Waals surface area contributed by atoms with Crippen LogP contribution in [0.4, 0.5) is 10.1 Å². The first-order valence-electron chi connectivity index (χ1n) is 7.15. The average molecular weight is 352 g/mol. The fourth-order valence-corrected chi connectivity index (χ4v) is 3.05. The highest BCUT2D eigenvalue weighted by molar-refractivity contribution is 7.92. The summed E-state index contributed by atoms with van der Waals surface area (Å²) >= 11 is 0. The maximum atomic E-state index is 13.6. The molecule has 2 N–H and O–H groups in total. The van der Waals surface area contributed by atoms with Crippen molar-refractivity contribution in [3.05, 3.63) is 59.4 Å². The smallest absolute Gasteiger partial charge is 0.275 e. The van der Waals surface area contributed by atoms with Gasteiger partial charge in [0.2, 0.25) is 0 Å². The number of hydroxylamine groups is 1. The summed E-state index contributed by atoms with van der Waals surface area (Å²) in [6.07, 6.45) is 0. The number of para-hydroxylation sites is 1. The van der Waals surface area contributed by atoms with Crippen LogP contribution < -0.4 is 10.2 Å². The Labute approximate surface area is 139 Å². The normalized spacial score (nSPS) is 11.1. The zero-order valence-electron chi connectivity index (χ0n) is 13.2. The maximum absolute atomic E-state index is 13.6. The number of rotatable bonds is 6. The summed E-state index contributed by atoms with van der Waals surface area (Å²) in [7, 11) is -4.04. The molecule has 0 saturated carbocycles. The lowest BCUT2D eigenvalue weighted by molar-refractivity contribution is 0.0364. The third-order valence-electron chi connectivity index (χ3n) is 3.19. The first-order chi connectivity index (χ1) is 11.3. The lowest BCUT2D eigenvalue weighted by atomic mass is 10.1. The minimum atomic E-state index is -4.04. The van der Waals surface area contributed by atoms with Gasteiger partial charge in [0, 0.05) is 5.56 Å². The van der Waals surface area contributed by atoms with Crippen LogP contribution in [0.1, 0.15) is 22.8 Å². The van der Waals surface area contributed by atoms with E-state index in [0.717, 1.165) is 6.07 Å². The van der Waals surface area contributed by atoms with Crippen LogP contribution in [0.15, 0.2) is 47.4 Å². The molecule has 0 heterocycles. The molecule has 0 spiro atoms. The van der Waals surface area contributed by atoms with E-state index in [1.807, 2.05) is 0 Å². The van der Waals surface area contributed by atoms with Crippen molar-refractivity contribution in [3.8, 4) is 0 Å². The van der Waals surface area contributed by atoms with E-state index in [9.17, 15) is 17.6 Å². The molecule has 0 saturated heterocycles. The van der Waals surface area contributed by atoms with Gasteiger partial charge in [-0.25, -0.2) is 18.3 Å². The summed E-state index contributed by atoms with van der Waals surface area (Å²) in [4.78, 5) is 16.7. The van der Waals surface area contributed by atoms with Gasteiger partial charge in [-0.1, -0.05) is 18.2 Å². The second kappa shape index (κ2) is 7.41. The minimum Gasteiger partial charge on any atom is -0.277 e. The summed E-state index contributed by atoms with van der Waals surface area (Å²) < 4.78 is 40.6. The third kappa shape index (κ3) is 4.09. The number of amides is 1. The number of benzene rings is 2. The Morgan fingerprint density at radius 1 is 1.21 bits per heavy atom. The number of sulfonamides is 1. The number of carbonyl (C=O) groups is 1. The molecule has 128 valence electrons. The van der Waals surface area contributed by atoms with Crippen molar-refractivity contribution in [3.63, 3.8) is 0 Å². The second-order valence-electron chi connectivity index (χ2n) is 4.93. The van der Waals surface area contributed by atoms with Crippen LogP contribution in [0.2, 0.25) is 0 Å². The van der Waals surface area contributed by atoms with Crippen molar-refractivity contribution in [2.24, 2.45) is 0 Å². The minimum absolute atomic E-state index is 0.153. The molecule has 0 aliphatic rings. The first kappa shape index (κ1) is 17.9. The van der Waals surface area contributed by atoms with E-state index in [4.69, 9.17) is 4.84 Å². The summed E-state index contributed by atoms with van der Waals surface area (Å²) in [5, 5.41) is 0. The Bertz CT molecular complexity index is 853. The van der Waals surface area contributed by atoms with E-state index in [-0.39, 0.29) is 22.8 Å². The average Bonchev–Trinajstić information content (AvgIpc) is 2.54. The highest BCUT2D eigenvalue weighted by Crippen LogP contribution is 2.21. The highest BCUT2D eigenvalue weighted by atomic mass is 32.2. The Morgan fingerprint density at radius 2 is 1.92 bits per heavy atom. The van der Waals surface area contributed by atoms with Crippen LogP contribution in [0.3, 0.4) is 0 Å². The lowest BCUT2D eigenvalue weighted by Gasteiger charge is -2.12. The second-order valence-corrected chi connectivity index (χ2v) is 6.61. The number of nitrogens with one attached hydrogen (secondary N) is 2. The molecule has 0 aliphatic heterocycles. The van der Waals surface area contributed by atoms with Gasteiger partial charge in [0.15, 0.2) is 0 Å². The molecule has 0 bridgehead atoms. The molecule has 0 aliphatic carbocycles. The van der Waals surface area contributed by atoms with E-state index >= 15 is 0 Å². The first-order valence-corrected chi connectivity index (χ1v) is 8.63. The van der Waals surface area contributed by atoms with Crippen molar-refractivity contribution in [2.75, 3.05) is 11.3 Å². The number of halogens is 1. The molecule has 0 unspecified atom stereocenters. The van der Waals surface area contributed by atoms with Crippen LogP contribution in [0, 0.1) is 12.7 Å². The molecule has 8 heteroatoms. The summed E-state index contributed by atoms with van der Waals surface area (Å²) in [6.45, 7) is 3.64. The Hall–Kier alpha value is -2.45. The van der Waals surface area contributed by atoms with Crippen LogP contribution in [-0.4, -0.2) is 20.9 Å². The molecule has 0 fully saturated rings. The van der Waals surface area contributed by atoms with Gasteiger partial charge in [0.25, 0.3) is 15.9 Å². The third-order valence-corrected chi connectivity index (χ3v) is 4.55. The highest BCUT2D eigenvalue weighted by Gasteiger charge is 2.19. The van der Waals surface area contributed by atoms with Gasteiger partial charge in [-0.3, -0.25) is 14.4 Å². The lowest BCUT2D eigenvalue weighted by Crippen LogP contribution is -2.25. The Morgan fingerprint density at radius 3 is 2.58 bits per heavy atom. The predicted octanol–water partition coefficient (Wildman–Crippen LogP) is 2.62. The van der Waals surface area contributed by atoms with Gasteiger partial charge < -0.3 is 0 Å². The van der Waals surface area contributed by atoms with Gasteiger partial charge in [-0.2, -0.15) is 0 Å². The predicted molar refractivity (Wildman–Crippen MR) is 87.5 cm³/mol. The zero-order valence-corrected chi connectivity index (χ0v) is 14.0. The van der Waals surface area contributed by atoms with E-state index in [1.165, 1.54) is 36.4 Å². The van der Waals surface area contributed by atoms with Crippen molar-refractivity contribution in [2.45, 2.75) is 18.7 Å². The number of hydrogen-bond acceptors (Lipinski definition) is 4. The number of aryl methyl sites for hydroxylation is 1. The molecule has 2 aromatic rings. The standard InChI is InChI=1S/C16H17FN2O4S/c1-3-23-18-16(20)13-10-12(9-8-11(13)2)24(21,22)19-15-7-5-4-6-14(15)17/h4-10,19H,3H2,1-2H3,(H,18,20). The molecule has 24 heavy (non-hydrogen) atoms. The molecule has 6 nitrogen and oxygen atoms in total. The van der Waals surface area contributed by atoms with Crippen molar-refractivity contribution in [1.29, 1.82) is 0 Å². The SMILES string of the molecule is CCONC(=O)c1cc(S(=O)(=O)Nc2ccccc2F)ccc1C. The number of carbonyl (C=O) groups excluding carboxylic acids is 1. The van der Waals surface area contributed by atoms with Gasteiger partial charge in [0.1, 0.15) is 5.82 Å². The zero-order chi connectivity index (χ0) is 17.7. The Balaban J connectivity index is 2.34. The molecular weight excluding hydrogens is 335 g/mol. The number of anilines is 1. The molecule has 0 atom stereocenters. The molecule has 2 aromatic carbocycles. The molecule has 1 amide bonds. The number of hydrogen-bond donors (Lipinski definition) is 2. The van der Waals surface area contributed by atoms with Crippen LogP contribution >= 0.6 is 0 Å². The molecule has 0 radical (unpaired) electrons. The summed E-state index contributed by atoms with van der Waals surface area (Å²) in [6, 6.07) is 9.48. The maximum Gasteiger partial charge on any atom is 0.275 e. The van der Waals surface area contributed by atoms with Crippen LogP contribution in [0.5, 0.6) is 0 Å². The van der Waals surface area contributed by atoms with E-state index in [0.29, 0.717) is 5.56 Å². The summed E-state index contributed by atoms with van der Waals surface area (Å²) in [5.74, 6) is -1.25. The quantitative estimate of drug-likeness (QED) is 0.783. The van der Waals surface area contributed by atoms with E-state index in [2.05, 4.69) is 10.2 Å².